The van der Waals surface area contributed by atoms with Gasteiger partial charge in [0.25, 0.3) is 0 Å². The van der Waals surface area contributed by atoms with Crippen molar-refractivity contribution in [3.8, 4) is 5.75 Å². The Morgan fingerprint density at radius 2 is 1.89 bits per heavy atom. The fourth-order valence-corrected chi connectivity index (χ4v) is 2.44. The Balaban J connectivity index is 2.18. The molecule has 2 aromatic carbocycles. The summed E-state index contributed by atoms with van der Waals surface area (Å²) in [5.74, 6) is 0.598. The second-order valence-electron chi connectivity index (χ2n) is 3.80. The molecule has 0 spiro atoms. The first kappa shape index (κ1) is 13.4. The summed E-state index contributed by atoms with van der Waals surface area (Å²) in [5.41, 5.74) is 1.67. The third-order valence-electron chi connectivity index (χ3n) is 2.51. The Morgan fingerprint density at radius 3 is 2.56 bits per heavy atom. The van der Waals surface area contributed by atoms with Gasteiger partial charge in [-0.05, 0) is 17.7 Å². The fourth-order valence-electron chi connectivity index (χ4n) is 1.60. The van der Waals surface area contributed by atoms with Crippen molar-refractivity contribution >= 4 is 27.5 Å². The summed E-state index contributed by atoms with van der Waals surface area (Å²) in [5, 5.41) is 9.80. The molecule has 0 radical (unpaired) electrons. The van der Waals surface area contributed by atoms with Crippen molar-refractivity contribution < 1.29 is 9.84 Å². The van der Waals surface area contributed by atoms with Gasteiger partial charge in [-0.3, -0.25) is 0 Å². The van der Waals surface area contributed by atoms with Crippen LogP contribution in [0.1, 0.15) is 11.1 Å². The third kappa shape index (κ3) is 3.25. The van der Waals surface area contributed by atoms with Crippen molar-refractivity contribution in [3.05, 3.63) is 63.1 Å². The van der Waals surface area contributed by atoms with Gasteiger partial charge in [-0.25, -0.2) is 0 Å². The van der Waals surface area contributed by atoms with E-state index in [1.165, 1.54) is 0 Å². The van der Waals surface area contributed by atoms with E-state index >= 15 is 0 Å². The molecule has 0 heterocycles. The molecule has 0 aliphatic heterocycles. The molecule has 0 amide bonds. The van der Waals surface area contributed by atoms with Crippen LogP contribution in [0.4, 0.5) is 0 Å². The molecule has 0 aliphatic rings. The average molecular weight is 328 g/mol. The zero-order valence-corrected chi connectivity index (χ0v) is 11.9. The smallest absolute Gasteiger partial charge is 0.127 e. The van der Waals surface area contributed by atoms with E-state index in [2.05, 4.69) is 15.9 Å². The summed E-state index contributed by atoms with van der Waals surface area (Å²) in [6.07, 6.45) is 0. The molecule has 1 N–H and O–H groups in total. The quantitative estimate of drug-likeness (QED) is 0.913. The number of aliphatic hydroxyl groups excluding tert-OH is 1. The van der Waals surface area contributed by atoms with Crippen LogP contribution in [0.2, 0.25) is 5.02 Å². The van der Waals surface area contributed by atoms with Gasteiger partial charge in [-0.1, -0.05) is 57.9 Å². The van der Waals surface area contributed by atoms with Crippen LogP contribution in [-0.2, 0) is 13.2 Å². The number of hydrogen-bond acceptors (Lipinski definition) is 2. The van der Waals surface area contributed by atoms with Crippen LogP contribution in [0.5, 0.6) is 5.75 Å². The fraction of sp³-hybridized carbons (Fsp3) is 0.143. The Hall–Kier alpha value is -1.03. The van der Waals surface area contributed by atoms with E-state index < -0.39 is 0 Å². The van der Waals surface area contributed by atoms with Gasteiger partial charge in [0.05, 0.1) is 11.6 Å². The van der Waals surface area contributed by atoms with Crippen LogP contribution in [0.25, 0.3) is 0 Å². The highest BCUT2D eigenvalue weighted by molar-refractivity contribution is 9.10. The molecule has 2 aromatic rings. The molecule has 0 saturated carbocycles. The summed E-state index contributed by atoms with van der Waals surface area (Å²) in [6, 6.07) is 13.4. The van der Waals surface area contributed by atoms with E-state index in [9.17, 15) is 5.11 Å². The van der Waals surface area contributed by atoms with Crippen molar-refractivity contribution in [2.24, 2.45) is 0 Å². The van der Waals surface area contributed by atoms with Crippen molar-refractivity contribution in [1.82, 2.24) is 0 Å². The molecular weight excluding hydrogens is 316 g/mol. The highest BCUT2D eigenvalue weighted by Gasteiger charge is 2.09. The molecule has 0 fully saturated rings. The van der Waals surface area contributed by atoms with Crippen molar-refractivity contribution in [1.29, 1.82) is 0 Å². The summed E-state index contributed by atoms with van der Waals surface area (Å²) < 4.78 is 6.53. The van der Waals surface area contributed by atoms with Crippen LogP contribution in [0.3, 0.4) is 0 Å². The highest BCUT2D eigenvalue weighted by atomic mass is 79.9. The van der Waals surface area contributed by atoms with Crippen LogP contribution in [0, 0.1) is 0 Å². The molecule has 0 aromatic heterocycles. The molecular formula is C14H12BrClO2. The second kappa shape index (κ2) is 6.23. The maximum absolute atomic E-state index is 9.31. The predicted octanol–water partition coefficient (Wildman–Crippen LogP) is 4.17. The van der Waals surface area contributed by atoms with Gasteiger partial charge in [0.2, 0.25) is 0 Å². The molecule has 0 saturated heterocycles. The van der Waals surface area contributed by atoms with Gasteiger partial charge in [0.15, 0.2) is 0 Å². The predicted molar refractivity (Wildman–Crippen MR) is 75.8 cm³/mol. The first-order valence-corrected chi connectivity index (χ1v) is 6.63. The van der Waals surface area contributed by atoms with Gasteiger partial charge in [-0.15, -0.1) is 0 Å². The standard InChI is InChI=1S/C14H12BrClO2/c15-11-6-13(16)12(8-17)14(7-11)18-9-10-4-2-1-3-5-10/h1-7,17H,8-9H2. The van der Waals surface area contributed by atoms with Crippen molar-refractivity contribution in [2.75, 3.05) is 0 Å². The third-order valence-corrected chi connectivity index (χ3v) is 3.31. The zero-order chi connectivity index (χ0) is 13.0. The van der Waals surface area contributed by atoms with Gasteiger partial charge in [0, 0.05) is 10.0 Å². The average Bonchev–Trinajstić information content (AvgIpc) is 2.37. The van der Waals surface area contributed by atoms with Gasteiger partial charge in [-0.2, -0.15) is 0 Å². The molecule has 0 atom stereocenters. The van der Waals surface area contributed by atoms with E-state index in [0.717, 1.165) is 10.0 Å². The number of benzene rings is 2. The Kier molecular flexibility index (Phi) is 4.64. The minimum absolute atomic E-state index is 0.143. The van der Waals surface area contributed by atoms with E-state index in [1.54, 1.807) is 12.1 Å². The summed E-state index contributed by atoms with van der Waals surface area (Å²) in [7, 11) is 0. The van der Waals surface area contributed by atoms with Gasteiger partial charge >= 0.3 is 0 Å². The highest BCUT2D eigenvalue weighted by Crippen LogP contribution is 2.31. The maximum Gasteiger partial charge on any atom is 0.127 e. The molecule has 0 unspecified atom stereocenters. The summed E-state index contributed by atoms with van der Waals surface area (Å²) >= 11 is 9.40. The van der Waals surface area contributed by atoms with Crippen molar-refractivity contribution in [2.45, 2.75) is 13.2 Å². The largest absolute Gasteiger partial charge is 0.488 e. The number of rotatable bonds is 4. The maximum atomic E-state index is 9.31. The minimum Gasteiger partial charge on any atom is -0.488 e. The number of aliphatic hydroxyl groups is 1. The molecule has 2 nitrogen and oxygen atoms in total. The van der Waals surface area contributed by atoms with Crippen LogP contribution >= 0.6 is 27.5 Å². The van der Waals surface area contributed by atoms with E-state index in [-0.39, 0.29) is 6.61 Å². The van der Waals surface area contributed by atoms with Crippen molar-refractivity contribution in [3.63, 3.8) is 0 Å². The van der Waals surface area contributed by atoms with Crippen LogP contribution in [-0.4, -0.2) is 5.11 Å². The first-order valence-electron chi connectivity index (χ1n) is 5.46. The number of hydrogen-bond donors (Lipinski definition) is 1. The summed E-state index contributed by atoms with van der Waals surface area (Å²) in [6.45, 7) is 0.302. The lowest BCUT2D eigenvalue weighted by atomic mass is 10.2. The van der Waals surface area contributed by atoms with E-state index in [1.807, 2.05) is 30.3 Å². The first-order chi connectivity index (χ1) is 8.70. The molecule has 2 rings (SSSR count). The SMILES string of the molecule is OCc1c(Cl)cc(Br)cc1OCc1ccccc1. The van der Waals surface area contributed by atoms with Crippen LogP contribution < -0.4 is 4.74 Å². The topological polar surface area (TPSA) is 29.5 Å². The van der Waals surface area contributed by atoms with E-state index in [4.69, 9.17) is 16.3 Å². The monoisotopic (exact) mass is 326 g/mol. The van der Waals surface area contributed by atoms with Gasteiger partial charge in [0.1, 0.15) is 12.4 Å². The minimum atomic E-state index is -0.143. The number of ether oxygens (including phenoxy) is 1. The lowest BCUT2D eigenvalue weighted by Crippen LogP contribution is -1.99. The molecule has 94 valence electrons. The Bertz CT molecular complexity index is 529. The van der Waals surface area contributed by atoms with E-state index in [0.29, 0.717) is 22.9 Å². The number of halogens is 2. The van der Waals surface area contributed by atoms with Gasteiger partial charge < -0.3 is 9.84 Å². The normalized spacial score (nSPS) is 10.4. The lowest BCUT2D eigenvalue weighted by Gasteiger charge is -2.12. The zero-order valence-electron chi connectivity index (χ0n) is 9.57. The Labute approximate surface area is 119 Å². The molecule has 0 bridgehead atoms. The summed E-state index contributed by atoms with van der Waals surface area (Å²) in [4.78, 5) is 0. The molecule has 4 heteroatoms. The molecule has 0 aliphatic carbocycles. The lowest BCUT2D eigenvalue weighted by molar-refractivity contribution is 0.259. The second-order valence-corrected chi connectivity index (χ2v) is 5.12. The molecule has 18 heavy (non-hydrogen) atoms. The Morgan fingerprint density at radius 1 is 1.17 bits per heavy atom. The van der Waals surface area contributed by atoms with Crippen LogP contribution in [0.15, 0.2) is 46.9 Å².